The summed E-state index contributed by atoms with van der Waals surface area (Å²) in [6.45, 7) is 6.59. The lowest BCUT2D eigenvalue weighted by molar-refractivity contribution is -0.133. The quantitative estimate of drug-likeness (QED) is 0.827. The molecular formula is C16H20N2O2. The minimum atomic E-state index is 0.0400. The number of amides is 1. The second-order valence-corrected chi connectivity index (χ2v) is 5.25. The fraction of sp³-hybridized carbons (Fsp3) is 0.500. The molecule has 1 saturated carbocycles. The Morgan fingerprint density at radius 3 is 2.45 bits per heavy atom. The topological polar surface area (TPSA) is 53.3 Å². The summed E-state index contributed by atoms with van der Waals surface area (Å²) in [4.78, 5) is 14.0. The molecule has 0 radical (unpaired) electrons. The van der Waals surface area contributed by atoms with Crippen molar-refractivity contribution in [1.29, 1.82) is 5.26 Å². The summed E-state index contributed by atoms with van der Waals surface area (Å²) in [6.07, 6.45) is 2.21. The van der Waals surface area contributed by atoms with E-state index in [2.05, 4.69) is 6.07 Å². The Labute approximate surface area is 120 Å². The van der Waals surface area contributed by atoms with Crippen molar-refractivity contribution < 1.29 is 9.53 Å². The van der Waals surface area contributed by atoms with Crippen LogP contribution in [0.1, 0.15) is 36.5 Å². The van der Waals surface area contributed by atoms with Crippen molar-refractivity contribution in [2.45, 2.75) is 39.7 Å². The highest BCUT2D eigenvalue weighted by molar-refractivity contribution is 5.78. The number of hydrogen-bond donors (Lipinski definition) is 0. The van der Waals surface area contributed by atoms with Gasteiger partial charge in [-0.05, 0) is 56.9 Å². The third-order valence-electron chi connectivity index (χ3n) is 3.58. The lowest BCUT2D eigenvalue weighted by atomic mass is 10.1. The van der Waals surface area contributed by atoms with Gasteiger partial charge in [-0.2, -0.15) is 5.26 Å². The van der Waals surface area contributed by atoms with Crippen molar-refractivity contribution in [3.05, 3.63) is 28.8 Å². The molecule has 1 fully saturated rings. The number of nitrogens with zero attached hydrogens (tertiary/aromatic N) is 2. The minimum Gasteiger partial charge on any atom is -0.483 e. The maximum absolute atomic E-state index is 12.1. The molecular weight excluding hydrogens is 252 g/mol. The van der Waals surface area contributed by atoms with Gasteiger partial charge in [-0.25, -0.2) is 0 Å². The van der Waals surface area contributed by atoms with Gasteiger partial charge in [0.2, 0.25) is 0 Å². The zero-order valence-corrected chi connectivity index (χ0v) is 12.3. The number of aryl methyl sites for hydroxylation is 2. The minimum absolute atomic E-state index is 0.0400. The molecule has 0 saturated heterocycles. The van der Waals surface area contributed by atoms with Crippen LogP contribution in [-0.2, 0) is 4.79 Å². The highest BCUT2D eigenvalue weighted by atomic mass is 16.5. The molecule has 106 valence electrons. The highest BCUT2D eigenvalue weighted by Crippen LogP contribution is 2.28. The van der Waals surface area contributed by atoms with Crippen LogP contribution in [0.5, 0.6) is 5.75 Å². The Hall–Kier alpha value is -2.02. The third kappa shape index (κ3) is 3.11. The van der Waals surface area contributed by atoms with E-state index in [1.807, 2.05) is 25.7 Å². The number of likely N-dealkylation sites (N-methyl/N-ethyl adjacent to an activating group) is 1. The van der Waals surface area contributed by atoms with E-state index in [1.54, 1.807) is 12.1 Å². The van der Waals surface area contributed by atoms with E-state index in [1.165, 1.54) is 0 Å². The molecule has 1 aliphatic carbocycles. The van der Waals surface area contributed by atoms with Gasteiger partial charge in [0, 0.05) is 12.6 Å². The molecule has 0 N–H and O–H groups in total. The number of ether oxygens (including phenoxy) is 1. The van der Waals surface area contributed by atoms with Crippen LogP contribution in [0, 0.1) is 25.2 Å². The van der Waals surface area contributed by atoms with Gasteiger partial charge in [0.15, 0.2) is 6.61 Å². The second-order valence-electron chi connectivity index (χ2n) is 5.25. The summed E-state index contributed by atoms with van der Waals surface area (Å²) in [7, 11) is 0. The monoisotopic (exact) mass is 272 g/mol. The van der Waals surface area contributed by atoms with E-state index >= 15 is 0 Å². The molecule has 1 amide bonds. The summed E-state index contributed by atoms with van der Waals surface area (Å²) < 4.78 is 5.69. The Kier molecular flexibility index (Phi) is 4.29. The maximum atomic E-state index is 12.1. The maximum Gasteiger partial charge on any atom is 0.260 e. The second kappa shape index (κ2) is 5.96. The molecule has 1 aliphatic rings. The first-order chi connectivity index (χ1) is 9.56. The average Bonchev–Trinajstić information content (AvgIpc) is 3.23. The van der Waals surface area contributed by atoms with E-state index in [4.69, 9.17) is 10.00 Å². The Morgan fingerprint density at radius 2 is 2.00 bits per heavy atom. The lowest BCUT2D eigenvalue weighted by Crippen LogP contribution is -2.36. The van der Waals surface area contributed by atoms with Crippen LogP contribution >= 0.6 is 0 Å². The molecule has 0 heterocycles. The number of carbonyl (C=O) groups excluding carboxylic acids is 1. The largest absolute Gasteiger partial charge is 0.483 e. The summed E-state index contributed by atoms with van der Waals surface area (Å²) in [5, 5.41) is 8.92. The van der Waals surface area contributed by atoms with Crippen LogP contribution < -0.4 is 4.74 Å². The Balaban J connectivity index is 2.04. The number of nitriles is 1. The van der Waals surface area contributed by atoms with E-state index < -0.39 is 0 Å². The Morgan fingerprint density at radius 1 is 1.40 bits per heavy atom. The van der Waals surface area contributed by atoms with Crippen LogP contribution in [0.15, 0.2) is 12.1 Å². The number of benzene rings is 1. The van der Waals surface area contributed by atoms with Gasteiger partial charge in [0.1, 0.15) is 5.75 Å². The van der Waals surface area contributed by atoms with E-state index in [0.29, 0.717) is 17.4 Å². The molecule has 1 aromatic rings. The van der Waals surface area contributed by atoms with Gasteiger partial charge in [0.25, 0.3) is 5.91 Å². The molecule has 0 spiro atoms. The SMILES string of the molecule is CCN(C(=O)COc1c(C)cc(C#N)cc1C)C1CC1. The summed E-state index contributed by atoms with van der Waals surface area (Å²) in [5.74, 6) is 0.752. The lowest BCUT2D eigenvalue weighted by Gasteiger charge is -2.21. The van der Waals surface area contributed by atoms with Crippen molar-refractivity contribution in [3.8, 4) is 11.8 Å². The highest BCUT2D eigenvalue weighted by Gasteiger charge is 2.31. The summed E-state index contributed by atoms with van der Waals surface area (Å²) in [5.41, 5.74) is 2.40. The Bertz CT molecular complexity index is 533. The molecule has 0 atom stereocenters. The molecule has 1 aromatic carbocycles. The molecule has 0 aromatic heterocycles. The predicted molar refractivity (Wildman–Crippen MR) is 76.5 cm³/mol. The molecule has 4 heteroatoms. The van der Waals surface area contributed by atoms with Crippen LogP contribution in [0.3, 0.4) is 0 Å². The third-order valence-corrected chi connectivity index (χ3v) is 3.58. The first-order valence-corrected chi connectivity index (χ1v) is 7.00. The van der Waals surface area contributed by atoms with Crippen molar-refractivity contribution in [2.24, 2.45) is 0 Å². The van der Waals surface area contributed by atoms with Crippen molar-refractivity contribution in [3.63, 3.8) is 0 Å². The first kappa shape index (κ1) is 14.4. The number of hydrogen-bond acceptors (Lipinski definition) is 3. The van der Waals surface area contributed by atoms with Gasteiger partial charge >= 0.3 is 0 Å². The van der Waals surface area contributed by atoms with E-state index in [0.717, 1.165) is 30.5 Å². The zero-order valence-electron chi connectivity index (χ0n) is 12.3. The van der Waals surface area contributed by atoms with Gasteiger partial charge in [-0.3, -0.25) is 4.79 Å². The van der Waals surface area contributed by atoms with E-state index in [9.17, 15) is 4.79 Å². The van der Waals surface area contributed by atoms with Gasteiger partial charge in [-0.1, -0.05) is 0 Å². The fourth-order valence-corrected chi connectivity index (χ4v) is 2.48. The zero-order chi connectivity index (χ0) is 14.7. The average molecular weight is 272 g/mol. The van der Waals surface area contributed by atoms with Crippen molar-refractivity contribution in [2.75, 3.05) is 13.2 Å². The van der Waals surface area contributed by atoms with Crippen LogP contribution in [0.2, 0.25) is 0 Å². The van der Waals surface area contributed by atoms with Crippen molar-refractivity contribution in [1.82, 2.24) is 4.90 Å². The number of carbonyl (C=O) groups is 1. The van der Waals surface area contributed by atoms with Crippen molar-refractivity contribution >= 4 is 5.91 Å². The van der Waals surface area contributed by atoms with Crippen LogP contribution in [0.25, 0.3) is 0 Å². The smallest absolute Gasteiger partial charge is 0.260 e. The molecule has 0 unspecified atom stereocenters. The fourth-order valence-electron chi connectivity index (χ4n) is 2.48. The molecule has 20 heavy (non-hydrogen) atoms. The van der Waals surface area contributed by atoms with Gasteiger partial charge in [0.05, 0.1) is 11.6 Å². The van der Waals surface area contributed by atoms with Crippen LogP contribution in [-0.4, -0.2) is 30.0 Å². The predicted octanol–water partition coefficient (Wildman–Crippen LogP) is 2.56. The van der Waals surface area contributed by atoms with Gasteiger partial charge in [-0.15, -0.1) is 0 Å². The van der Waals surface area contributed by atoms with Crippen LogP contribution in [0.4, 0.5) is 0 Å². The normalized spacial score (nSPS) is 13.7. The standard InChI is InChI=1S/C16H20N2O2/c1-4-18(14-5-6-14)15(19)10-20-16-11(2)7-13(9-17)8-12(16)3/h7-8,14H,4-6,10H2,1-3H3. The molecule has 0 bridgehead atoms. The molecule has 2 rings (SSSR count). The molecule has 0 aliphatic heterocycles. The summed E-state index contributed by atoms with van der Waals surface area (Å²) in [6, 6.07) is 6.10. The molecule has 4 nitrogen and oxygen atoms in total. The number of rotatable bonds is 5. The summed E-state index contributed by atoms with van der Waals surface area (Å²) >= 11 is 0. The first-order valence-electron chi connectivity index (χ1n) is 7.00. The van der Waals surface area contributed by atoms with Gasteiger partial charge < -0.3 is 9.64 Å². The van der Waals surface area contributed by atoms with E-state index in [-0.39, 0.29) is 12.5 Å².